The van der Waals surface area contributed by atoms with E-state index in [9.17, 15) is 14.3 Å². The van der Waals surface area contributed by atoms with E-state index in [0.29, 0.717) is 17.9 Å². The average molecular weight is 282 g/mol. The molecule has 0 aromatic heterocycles. The van der Waals surface area contributed by atoms with E-state index in [2.05, 4.69) is 0 Å². The predicted octanol–water partition coefficient (Wildman–Crippen LogP) is 2.76. The summed E-state index contributed by atoms with van der Waals surface area (Å²) < 4.78 is 18.6. The highest BCUT2D eigenvalue weighted by atomic mass is 19.1. The number of benzene rings is 1. The number of rotatable bonds is 5. The lowest BCUT2D eigenvalue weighted by Gasteiger charge is -2.23. The van der Waals surface area contributed by atoms with Gasteiger partial charge in [0.2, 0.25) is 0 Å². The number of carboxylic acids is 1. The number of ether oxygens (including phenoxy) is 1. The second kappa shape index (κ2) is 6.81. The highest BCUT2D eigenvalue weighted by Crippen LogP contribution is 2.27. The van der Waals surface area contributed by atoms with Gasteiger partial charge < -0.3 is 14.9 Å². The zero-order chi connectivity index (χ0) is 14.5. The fraction of sp³-hybridized carbons (Fsp3) is 0.533. The first-order chi connectivity index (χ1) is 9.56. The van der Waals surface area contributed by atoms with Crippen LogP contribution in [0.25, 0.3) is 0 Å². The summed E-state index contributed by atoms with van der Waals surface area (Å²) in [5.41, 5.74) is 0.194. The van der Waals surface area contributed by atoms with Gasteiger partial charge in [0.15, 0.2) is 0 Å². The van der Waals surface area contributed by atoms with Crippen molar-refractivity contribution in [1.29, 1.82) is 0 Å². The van der Waals surface area contributed by atoms with Crippen molar-refractivity contribution in [2.24, 2.45) is 5.92 Å². The molecule has 1 atom stereocenters. The van der Waals surface area contributed by atoms with Crippen molar-refractivity contribution in [3.05, 3.63) is 35.1 Å². The van der Waals surface area contributed by atoms with Crippen molar-refractivity contribution in [3.63, 3.8) is 0 Å². The Labute approximate surface area is 117 Å². The molecule has 0 aliphatic carbocycles. The van der Waals surface area contributed by atoms with Crippen molar-refractivity contribution < 1.29 is 24.1 Å². The van der Waals surface area contributed by atoms with Crippen LogP contribution in [0.3, 0.4) is 0 Å². The van der Waals surface area contributed by atoms with Crippen LogP contribution in [0.4, 0.5) is 4.39 Å². The average Bonchev–Trinajstić information content (AvgIpc) is 2.45. The van der Waals surface area contributed by atoms with Crippen molar-refractivity contribution in [2.45, 2.75) is 31.8 Å². The molecule has 0 bridgehead atoms. The number of carbonyl (C=O) groups is 1. The quantitative estimate of drug-likeness (QED) is 0.871. The first-order valence-electron chi connectivity index (χ1n) is 6.86. The van der Waals surface area contributed by atoms with Crippen LogP contribution in [0.15, 0.2) is 18.2 Å². The van der Waals surface area contributed by atoms with Gasteiger partial charge in [-0.15, -0.1) is 0 Å². The van der Waals surface area contributed by atoms with E-state index in [1.807, 2.05) is 0 Å². The van der Waals surface area contributed by atoms with Gasteiger partial charge in [-0.1, -0.05) is 0 Å². The maximum absolute atomic E-state index is 13.4. The number of aromatic carboxylic acids is 1. The van der Waals surface area contributed by atoms with Crippen LogP contribution in [0.5, 0.6) is 0 Å². The summed E-state index contributed by atoms with van der Waals surface area (Å²) in [6.07, 6.45) is 2.48. The Kier molecular flexibility index (Phi) is 5.09. The molecular weight excluding hydrogens is 263 g/mol. The van der Waals surface area contributed by atoms with Gasteiger partial charge in [0, 0.05) is 13.2 Å². The van der Waals surface area contributed by atoms with Crippen molar-refractivity contribution in [3.8, 4) is 0 Å². The predicted molar refractivity (Wildman–Crippen MR) is 71.1 cm³/mol. The summed E-state index contributed by atoms with van der Waals surface area (Å²) in [4.78, 5) is 10.9. The molecule has 0 amide bonds. The molecule has 1 heterocycles. The second-order valence-corrected chi connectivity index (χ2v) is 5.23. The molecule has 5 heteroatoms. The van der Waals surface area contributed by atoms with E-state index >= 15 is 0 Å². The Morgan fingerprint density at radius 1 is 1.35 bits per heavy atom. The number of halogens is 1. The monoisotopic (exact) mass is 282 g/mol. The number of aliphatic hydroxyl groups is 1. The van der Waals surface area contributed by atoms with Crippen molar-refractivity contribution in [2.75, 3.05) is 13.2 Å². The Balaban J connectivity index is 1.97. The maximum Gasteiger partial charge on any atom is 0.335 e. The number of carboxylic acid groups (broad SMARTS) is 1. The molecule has 1 aliphatic heterocycles. The van der Waals surface area contributed by atoms with Crippen LogP contribution < -0.4 is 0 Å². The molecule has 0 radical (unpaired) electrons. The van der Waals surface area contributed by atoms with E-state index in [-0.39, 0.29) is 5.56 Å². The topological polar surface area (TPSA) is 66.8 Å². The van der Waals surface area contributed by atoms with E-state index in [4.69, 9.17) is 9.84 Å². The largest absolute Gasteiger partial charge is 0.478 e. The highest BCUT2D eigenvalue weighted by Gasteiger charge is 2.18. The van der Waals surface area contributed by atoms with Crippen LogP contribution in [-0.2, 0) is 4.74 Å². The van der Waals surface area contributed by atoms with Crippen molar-refractivity contribution >= 4 is 5.97 Å². The van der Waals surface area contributed by atoms with E-state index in [1.165, 1.54) is 12.1 Å². The Bertz CT molecular complexity index is 469. The summed E-state index contributed by atoms with van der Waals surface area (Å²) in [5, 5.41) is 19.0. The van der Waals surface area contributed by atoms with Crippen LogP contribution in [0, 0.1) is 11.7 Å². The molecule has 1 aromatic rings. The molecule has 1 saturated heterocycles. The van der Waals surface area contributed by atoms with E-state index in [1.54, 1.807) is 0 Å². The number of hydrogen-bond acceptors (Lipinski definition) is 3. The molecule has 4 nitrogen and oxygen atoms in total. The fourth-order valence-corrected chi connectivity index (χ4v) is 2.52. The third-order valence-electron chi connectivity index (χ3n) is 3.74. The lowest BCUT2D eigenvalue weighted by molar-refractivity contribution is 0.0568. The molecule has 2 N–H and O–H groups in total. The lowest BCUT2D eigenvalue weighted by Crippen LogP contribution is -2.16. The Hall–Kier alpha value is -1.46. The van der Waals surface area contributed by atoms with Crippen LogP contribution in [-0.4, -0.2) is 29.4 Å². The van der Waals surface area contributed by atoms with Crippen LogP contribution in [0.2, 0.25) is 0 Å². The molecule has 0 spiro atoms. The second-order valence-electron chi connectivity index (χ2n) is 5.23. The maximum atomic E-state index is 13.4. The fourth-order valence-electron chi connectivity index (χ4n) is 2.52. The smallest absolute Gasteiger partial charge is 0.335 e. The number of aliphatic hydroxyl groups excluding tert-OH is 1. The van der Waals surface area contributed by atoms with Gasteiger partial charge in [-0.2, -0.15) is 0 Å². The summed E-state index contributed by atoms with van der Waals surface area (Å²) in [5.74, 6) is -1.31. The minimum atomic E-state index is -1.19. The molecule has 2 rings (SSSR count). The van der Waals surface area contributed by atoms with Gasteiger partial charge in [0.05, 0.1) is 11.7 Å². The van der Waals surface area contributed by atoms with Gasteiger partial charge in [0.1, 0.15) is 5.82 Å². The summed E-state index contributed by atoms with van der Waals surface area (Å²) in [6, 6.07) is 3.48. The SMILES string of the molecule is O=C(O)c1cc(F)cc(C(O)CCC2CCOCC2)c1. The molecular formula is C15H19FO4. The van der Waals surface area contributed by atoms with Gasteiger partial charge in [0.25, 0.3) is 0 Å². The first kappa shape index (κ1) is 14.9. The standard InChI is InChI=1S/C15H19FO4/c16-13-8-11(7-12(9-13)15(18)19)14(17)2-1-10-3-5-20-6-4-10/h7-10,14,17H,1-6H2,(H,18,19). The molecule has 1 fully saturated rings. The Morgan fingerprint density at radius 2 is 2.05 bits per heavy atom. The van der Waals surface area contributed by atoms with Crippen LogP contribution >= 0.6 is 0 Å². The molecule has 1 aliphatic rings. The van der Waals surface area contributed by atoms with Gasteiger partial charge in [-0.25, -0.2) is 9.18 Å². The Morgan fingerprint density at radius 3 is 2.70 bits per heavy atom. The minimum Gasteiger partial charge on any atom is -0.478 e. The minimum absolute atomic E-state index is 0.134. The third kappa shape index (κ3) is 4.02. The summed E-state index contributed by atoms with van der Waals surface area (Å²) >= 11 is 0. The van der Waals surface area contributed by atoms with E-state index < -0.39 is 17.9 Å². The van der Waals surface area contributed by atoms with Gasteiger partial charge in [-0.3, -0.25) is 0 Å². The third-order valence-corrected chi connectivity index (χ3v) is 3.74. The zero-order valence-electron chi connectivity index (χ0n) is 11.2. The molecule has 1 unspecified atom stereocenters. The molecule has 0 saturated carbocycles. The normalized spacial score (nSPS) is 17.9. The highest BCUT2D eigenvalue weighted by molar-refractivity contribution is 5.87. The summed E-state index contributed by atoms with van der Waals surface area (Å²) in [7, 11) is 0. The first-order valence-corrected chi connectivity index (χ1v) is 6.86. The molecule has 1 aromatic carbocycles. The number of hydrogen-bond donors (Lipinski definition) is 2. The van der Waals surface area contributed by atoms with Crippen LogP contribution in [0.1, 0.15) is 47.7 Å². The van der Waals surface area contributed by atoms with Crippen molar-refractivity contribution in [1.82, 2.24) is 0 Å². The summed E-state index contributed by atoms with van der Waals surface area (Å²) in [6.45, 7) is 1.51. The molecule has 110 valence electrons. The van der Waals surface area contributed by atoms with E-state index in [0.717, 1.165) is 38.5 Å². The molecule has 20 heavy (non-hydrogen) atoms. The zero-order valence-corrected chi connectivity index (χ0v) is 11.2. The van der Waals surface area contributed by atoms with Gasteiger partial charge in [-0.05, 0) is 55.4 Å². The van der Waals surface area contributed by atoms with Gasteiger partial charge >= 0.3 is 5.97 Å². The lowest BCUT2D eigenvalue weighted by atomic mass is 9.91.